The van der Waals surface area contributed by atoms with Gasteiger partial charge in [0.2, 0.25) is 0 Å². The minimum absolute atomic E-state index is 0.0245. The second-order valence-corrected chi connectivity index (χ2v) is 6.99. The number of ether oxygens (including phenoxy) is 1. The first-order valence-electron chi connectivity index (χ1n) is 7.66. The van der Waals surface area contributed by atoms with Crippen molar-refractivity contribution in [3.05, 3.63) is 51.9 Å². The molecule has 0 atom stereocenters. The van der Waals surface area contributed by atoms with Crippen LogP contribution in [0, 0.1) is 10.1 Å². The summed E-state index contributed by atoms with van der Waals surface area (Å²) in [6.07, 6.45) is 0. The molecular formula is C16H16N4O3S2. The van der Waals surface area contributed by atoms with E-state index in [1.807, 2.05) is 17.5 Å². The Kier molecular flexibility index (Phi) is 5.67. The van der Waals surface area contributed by atoms with E-state index in [9.17, 15) is 10.1 Å². The van der Waals surface area contributed by atoms with Gasteiger partial charge in [0, 0.05) is 18.4 Å². The molecule has 0 saturated carbocycles. The average molecular weight is 376 g/mol. The maximum atomic E-state index is 10.8. The van der Waals surface area contributed by atoms with Crippen molar-refractivity contribution in [2.75, 3.05) is 12.4 Å². The highest BCUT2D eigenvalue weighted by Crippen LogP contribution is 2.27. The molecule has 0 unspecified atom stereocenters. The number of nitrogens with zero attached hydrogens (tertiary/aromatic N) is 4. The van der Waals surface area contributed by atoms with Gasteiger partial charge in [-0.2, -0.15) is 0 Å². The van der Waals surface area contributed by atoms with Gasteiger partial charge in [-0.25, -0.2) is 0 Å². The van der Waals surface area contributed by atoms with E-state index in [1.165, 1.54) is 12.1 Å². The Hall–Kier alpha value is -2.39. The lowest BCUT2D eigenvalue weighted by Gasteiger charge is -2.07. The van der Waals surface area contributed by atoms with E-state index >= 15 is 0 Å². The molecular weight excluding hydrogens is 360 g/mol. The van der Waals surface area contributed by atoms with Crippen LogP contribution in [0.25, 0.3) is 10.7 Å². The van der Waals surface area contributed by atoms with E-state index in [-0.39, 0.29) is 5.69 Å². The number of thiophene rings is 1. The predicted molar refractivity (Wildman–Crippen MR) is 98.3 cm³/mol. The molecule has 7 nitrogen and oxygen atoms in total. The van der Waals surface area contributed by atoms with Crippen molar-refractivity contribution in [3.63, 3.8) is 0 Å². The normalized spacial score (nSPS) is 10.8. The van der Waals surface area contributed by atoms with E-state index in [2.05, 4.69) is 21.7 Å². The molecule has 0 amide bonds. The summed E-state index contributed by atoms with van der Waals surface area (Å²) >= 11 is 3.19. The van der Waals surface area contributed by atoms with E-state index in [1.54, 1.807) is 35.2 Å². The molecule has 0 aliphatic rings. The van der Waals surface area contributed by atoms with Gasteiger partial charge < -0.3 is 9.30 Å². The quantitative estimate of drug-likeness (QED) is 0.255. The highest BCUT2D eigenvalue weighted by molar-refractivity contribution is 7.99. The number of nitro benzene ring substituents is 1. The number of aromatic nitrogens is 3. The van der Waals surface area contributed by atoms with Gasteiger partial charge in [0.05, 0.1) is 22.5 Å². The zero-order valence-electron chi connectivity index (χ0n) is 13.5. The van der Waals surface area contributed by atoms with Crippen LogP contribution in [0.5, 0.6) is 5.75 Å². The fourth-order valence-corrected chi connectivity index (χ4v) is 3.78. The Morgan fingerprint density at radius 2 is 2.20 bits per heavy atom. The number of nitro groups is 1. The molecule has 0 radical (unpaired) electrons. The van der Waals surface area contributed by atoms with E-state index < -0.39 is 4.92 Å². The minimum atomic E-state index is -0.433. The molecule has 2 heterocycles. The van der Waals surface area contributed by atoms with Crippen molar-refractivity contribution in [1.29, 1.82) is 0 Å². The molecule has 2 aromatic heterocycles. The molecule has 0 bridgehead atoms. The summed E-state index contributed by atoms with van der Waals surface area (Å²) in [7, 11) is 0. The zero-order chi connectivity index (χ0) is 17.6. The lowest BCUT2D eigenvalue weighted by atomic mass is 10.3. The Labute approximate surface area is 152 Å². The lowest BCUT2D eigenvalue weighted by Crippen LogP contribution is -2.03. The van der Waals surface area contributed by atoms with Crippen molar-refractivity contribution in [1.82, 2.24) is 14.8 Å². The first kappa shape index (κ1) is 17.4. The fourth-order valence-electron chi connectivity index (χ4n) is 2.25. The second-order valence-electron chi connectivity index (χ2n) is 4.98. The van der Waals surface area contributed by atoms with Crippen LogP contribution in [0.1, 0.15) is 6.92 Å². The molecule has 0 aliphatic carbocycles. The van der Waals surface area contributed by atoms with Crippen molar-refractivity contribution in [2.24, 2.45) is 0 Å². The van der Waals surface area contributed by atoms with Gasteiger partial charge in [0.15, 0.2) is 11.0 Å². The number of thioether (sulfide) groups is 1. The smallest absolute Gasteiger partial charge is 0.273 e. The van der Waals surface area contributed by atoms with Gasteiger partial charge in [0.25, 0.3) is 5.69 Å². The van der Waals surface area contributed by atoms with Crippen LogP contribution < -0.4 is 4.74 Å². The second kappa shape index (κ2) is 8.13. The number of rotatable bonds is 8. The lowest BCUT2D eigenvalue weighted by molar-refractivity contribution is -0.384. The van der Waals surface area contributed by atoms with Crippen LogP contribution in [0.15, 0.2) is 46.9 Å². The average Bonchev–Trinajstić information content (AvgIpc) is 3.28. The van der Waals surface area contributed by atoms with Crippen molar-refractivity contribution in [3.8, 4) is 16.5 Å². The van der Waals surface area contributed by atoms with E-state index in [0.29, 0.717) is 18.1 Å². The Morgan fingerprint density at radius 1 is 1.32 bits per heavy atom. The van der Waals surface area contributed by atoms with Gasteiger partial charge in [0.1, 0.15) is 5.75 Å². The molecule has 3 aromatic rings. The van der Waals surface area contributed by atoms with Crippen LogP contribution in [0.3, 0.4) is 0 Å². The Morgan fingerprint density at radius 3 is 2.92 bits per heavy atom. The molecule has 25 heavy (non-hydrogen) atoms. The first-order valence-corrected chi connectivity index (χ1v) is 9.52. The SMILES string of the molecule is CCn1c(SCCOc2cccc([N+](=O)[O-])c2)nnc1-c1cccs1. The largest absolute Gasteiger partial charge is 0.492 e. The summed E-state index contributed by atoms with van der Waals surface area (Å²) in [5.41, 5.74) is 0.0245. The maximum absolute atomic E-state index is 10.8. The van der Waals surface area contributed by atoms with Gasteiger partial charge in [-0.3, -0.25) is 10.1 Å². The standard InChI is InChI=1S/C16H16N4O3S2/c1-2-19-15(14-7-4-9-24-14)17-18-16(19)25-10-8-23-13-6-3-5-12(11-13)20(21)22/h3-7,9,11H,2,8,10H2,1H3. The molecule has 1 aromatic carbocycles. The first-order chi connectivity index (χ1) is 12.2. The molecule has 130 valence electrons. The predicted octanol–water partition coefficient (Wildman–Crippen LogP) is 4.11. The number of non-ortho nitro benzene ring substituents is 1. The topological polar surface area (TPSA) is 83.1 Å². The van der Waals surface area contributed by atoms with E-state index in [4.69, 9.17) is 4.74 Å². The molecule has 3 rings (SSSR count). The highest BCUT2D eigenvalue weighted by atomic mass is 32.2. The highest BCUT2D eigenvalue weighted by Gasteiger charge is 2.13. The summed E-state index contributed by atoms with van der Waals surface area (Å²) in [5.74, 6) is 2.04. The summed E-state index contributed by atoms with van der Waals surface area (Å²) in [5, 5.41) is 22.2. The number of hydrogen-bond acceptors (Lipinski definition) is 7. The van der Waals surface area contributed by atoms with E-state index in [0.717, 1.165) is 22.4 Å². The molecule has 9 heteroatoms. The van der Waals surface area contributed by atoms with Gasteiger partial charge in [-0.05, 0) is 24.4 Å². The van der Waals surface area contributed by atoms with Gasteiger partial charge >= 0.3 is 0 Å². The molecule has 0 spiro atoms. The fraction of sp³-hybridized carbons (Fsp3) is 0.250. The van der Waals surface area contributed by atoms with Crippen molar-refractivity contribution in [2.45, 2.75) is 18.6 Å². The third-order valence-corrected chi connectivity index (χ3v) is 5.18. The van der Waals surface area contributed by atoms with Gasteiger partial charge in [-0.1, -0.05) is 23.9 Å². The molecule has 0 N–H and O–H groups in total. The number of benzene rings is 1. The zero-order valence-corrected chi connectivity index (χ0v) is 15.1. The van der Waals surface area contributed by atoms with Crippen molar-refractivity contribution >= 4 is 28.8 Å². The van der Waals surface area contributed by atoms with Crippen LogP contribution in [-0.2, 0) is 6.54 Å². The third kappa shape index (κ3) is 4.18. The Bertz CT molecular complexity index is 849. The van der Waals surface area contributed by atoms with Crippen LogP contribution in [0.2, 0.25) is 0 Å². The summed E-state index contributed by atoms with van der Waals surface area (Å²) < 4.78 is 7.66. The minimum Gasteiger partial charge on any atom is -0.492 e. The Balaban J connectivity index is 1.58. The third-order valence-electron chi connectivity index (χ3n) is 3.39. The summed E-state index contributed by atoms with van der Waals surface area (Å²) in [6.45, 7) is 3.27. The monoisotopic (exact) mass is 376 g/mol. The van der Waals surface area contributed by atoms with Crippen LogP contribution in [0.4, 0.5) is 5.69 Å². The molecule has 0 saturated heterocycles. The van der Waals surface area contributed by atoms with Crippen LogP contribution in [-0.4, -0.2) is 32.0 Å². The van der Waals surface area contributed by atoms with Gasteiger partial charge in [-0.15, -0.1) is 21.5 Å². The summed E-state index contributed by atoms with van der Waals surface area (Å²) in [6, 6.07) is 10.2. The summed E-state index contributed by atoms with van der Waals surface area (Å²) in [4.78, 5) is 11.4. The maximum Gasteiger partial charge on any atom is 0.273 e. The molecule has 0 aliphatic heterocycles. The van der Waals surface area contributed by atoms with Crippen LogP contribution >= 0.6 is 23.1 Å². The molecule has 0 fully saturated rings. The van der Waals surface area contributed by atoms with Crippen molar-refractivity contribution < 1.29 is 9.66 Å². The number of hydrogen-bond donors (Lipinski definition) is 0.